The molecule has 2 aromatic rings. The fraction of sp³-hybridized carbons (Fsp3) is 0.409. The molecule has 1 aliphatic rings. The van der Waals surface area contributed by atoms with Crippen LogP contribution in [-0.2, 0) is 6.42 Å². The predicted molar refractivity (Wildman–Crippen MR) is 101 cm³/mol. The standard InChI is InChI=1S/C22H27NO2/c1-25-20-14-8-13-19(16-20)22(24)23-21(18-11-6-3-7-12-18)15-17-9-4-2-5-10-17/h2,4-5,8-10,13-14,16,18,21H,3,6-7,11-12,15H2,1H3,(H,23,24). The molecule has 1 amide bonds. The molecule has 3 heteroatoms. The maximum atomic E-state index is 12.8. The third kappa shape index (κ3) is 4.85. The monoisotopic (exact) mass is 337 g/mol. The summed E-state index contributed by atoms with van der Waals surface area (Å²) in [4.78, 5) is 12.8. The number of methoxy groups -OCH3 is 1. The number of rotatable bonds is 6. The van der Waals surface area contributed by atoms with E-state index in [9.17, 15) is 4.79 Å². The lowest BCUT2D eigenvalue weighted by molar-refractivity contribution is 0.0912. The number of benzene rings is 2. The van der Waals surface area contributed by atoms with E-state index in [1.54, 1.807) is 13.2 Å². The maximum absolute atomic E-state index is 12.8. The number of hydrogen-bond donors (Lipinski definition) is 1. The Morgan fingerprint density at radius 3 is 2.56 bits per heavy atom. The van der Waals surface area contributed by atoms with Gasteiger partial charge in [0.15, 0.2) is 0 Å². The average Bonchev–Trinajstić information content (AvgIpc) is 2.69. The van der Waals surface area contributed by atoms with Gasteiger partial charge in [0, 0.05) is 11.6 Å². The largest absolute Gasteiger partial charge is 0.497 e. The highest BCUT2D eigenvalue weighted by Crippen LogP contribution is 2.28. The lowest BCUT2D eigenvalue weighted by Crippen LogP contribution is -2.42. The molecule has 132 valence electrons. The number of nitrogens with one attached hydrogen (secondary N) is 1. The molecule has 0 bridgehead atoms. The Balaban J connectivity index is 1.74. The molecule has 0 spiro atoms. The molecular weight excluding hydrogens is 310 g/mol. The molecule has 1 unspecified atom stereocenters. The summed E-state index contributed by atoms with van der Waals surface area (Å²) < 4.78 is 5.24. The van der Waals surface area contributed by atoms with E-state index in [1.807, 2.05) is 24.3 Å². The van der Waals surface area contributed by atoms with E-state index < -0.39 is 0 Å². The van der Waals surface area contributed by atoms with Gasteiger partial charge in [-0.2, -0.15) is 0 Å². The molecule has 1 saturated carbocycles. The second kappa shape index (κ2) is 8.70. The van der Waals surface area contributed by atoms with Crippen molar-refractivity contribution in [1.82, 2.24) is 5.32 Å². The number of ether oxygens (including phenoxy) is 1. The molecular formula is C22H27NO2. The number of hydrogen-bond acceptors (Lipinski definition) is 2. The minimum Gasteiger partial charge on any atom is -0.497 e. The summed E-state index contributed by atoms with van der Waals surface area (Å²) in [6.07, 6.45) is 7.15. The molecule has 1 N–H and O–H groups in total. The first kappa shape index (κ1) is 17.5. The Labute approximate surface area is 150 Å². The van der Waals surface area contributed by atoms with E-state index in [4.69, 9.17) is 4.74 Å². The van der Waals surface area contributed by atoms with Gasteiger partial charge in [0.05, 0.1) is 7.11 Å². The van der Waals surface area contributed by atoms with E-state index in [-0.39, 0.29) is 11.9 Å². The molecule has 0 aliphatic heterocycles. The fourth-order valence-corrected chi connectivity index (χ4v) is 3.76. The summed E-state index contributed by atoms with van der Waals surface area (Å²) in [7, 11) is 1.62. The van der Waals surface area contributed by atoms with Crippen molar-refractivity contribution in [2.75, 3.05) is 7.11 Å². The van der Waals surface area contributed by atoms with E-state index in [1.165, 1.54) is 37.7 Å². The van der Waals surface area contributed by atoms with Crippen LogP contribution in [-0.4, -0.2) is 19.1 Å². The summed E-state index contributed by atoms with van der Waals surface area (Å²) in [5.74, 6) is 1.26. The van der Waals surface area contributed by atoms with Crippen LogP contribution in [0.25, 0.3) is 0 Å². The molecule has 25 heavy (non-hydrogen) atoms. The summed E-state index contributed by atoms with van der Waals surface area (Å²) in [6, 6.07) is 18.0. The van der Waals surface area contributed by atoms with Crippen LogP contribution < -0.4 is 10.1 Å². The van der Waals surface area contributed by atoms with E-state index in [2.05, 4.69) is 29.6 Å². The molecule has 0 aromatic heterocycles. The maximum Gasteiger partial charge on any atom is 0.251 e. The zero-order valence-electron chi connectivity index (χ0n) is 14.9. The van der Waals surface area contributed by atoms with Crippen molar-refractivity contribution in [1.29, 1.82) is 0 Å². The first-order valence-corrected chi connectivity index (χ1v) is 9.25. The normalized spacial score (nSPS) is 16.2. The van der Waals surface area contributed by atoms with Crippen LogP contribution in [0.2, 0.25) is 0 Å². The third-order valence-corrected chi connectivity index (χ3v) is 5.17. The Bertz CT molecular complexity index is 677. The van der Waals surface area contributed by atoms with Gasteiger partial charge in [-0.05, 0) is 48.9 Å². The van der Waals surface area contributed by atoms with Gasteiger partial charge in [-0.15, -0.1) is 0 Å². The van der Waals surface area contributed by atoms with E-state index >= 15 is 0 Å². The second-order valence-corrected chi connectivity index (χ2v) is 6.90. The molecule has 0 radical (unpaired) electrons. The molecule has 2 aromatic carbocycles. The van der Waals surface area contributed by atoms with Crippen molar-refractivity contribution in [2.24, 2.45) is 5.92 Å². The third-order valence-electron chi connectivity index (χ3n) is 5.17. The summed E-state index contributed by atoms with van der Waals surface area (Å²) in [5, 5.41) is 3.31. The smallest absolute Gasteiger partial charge is 0.251 e. The first-order valence-electron chi connectivity index (χ1n) is 9.25. The Kier molecular flexibility index (Phi) is 6.10. The Morgan fingerprint density at radius 2 is 1.84 bits per heavy atom. The molecule has 0 saturated heterocycles. The van der Waals surface area contributed by atoms with Gasteiger partial charge in [0.1, 0.15) is 5.75 Å². The zero-order chi connectivity index (χ0) is 17.5. The van der Waals surface area contributed by atoms with E-state index in [0.29, 0.717) is 17.2 Å². The molecule has 3 nitrogen and oxygen atoms in total. The highest BCUT2D eigenvalue weighted by molar-refractivity contribution is 5.94. The Morgan fingerprint density at radius 1 is 1.08 bits per heavy atom. The molecule has 0 heterocycles. The van der Waals surface area contributed by atoms with Gasteiger partial charge in [-0.1, -0.05) is 55.7 Å². The van der Waals surface area contributed by atoms with Crippen molar-refractivity contribution in [2.45, 2.75) is 44.6 Å². The van der Waals surface area contributed by atoms with Crippen LogP contribution >= 0.6 is 0 Å². The number of carbonyl (C=O) groups excluding carboxylic acids is 1. The van der Waals surface area contributed by atoms with Crippen molar-refractivity contribution >= 4 is 5.91 Å². The predicted octanol–water partition coefficient (Wildman–Crippen LogP) is 4.62. The van der Waals surface area contributed by atoms with Crippen molar-refractivity contribution < 1.29 is 9.53 Å². The van der Waals surface area contributed by atoms with Gasteiger partial charge in [0.2, 0.25) is 0 Å². The second-order valence-electron chi connectivity index (χ2n) is 6.90. The molecule has 1 atom stereocenters. The summed E-state index contributed by atoms with van der Waals surface area (Å²) in [5.41, 5.74) is 1.94. The summed E-state index contributed by atoms with van der Waals surface area (Å²) in [6.45, 7) is 0. The van der Waals surface area contributed by atoms with Crippen molar-refractivity contribution in [3.63, 3.8) is 0 Å². The van der Waals surface area contributed by atoms with Gasteiger partial charge < -0.3 is 10.1 Å². The topological polar surface area (TPSA) is 38.3 Å². The fourth-order valence-electron chi connectivity index (χ4n) is 3.76. The Hall–Kier alpha value is -2.29. The minimum atomic E-state index is -0.00888. The lowest BCUT2D eigenvalue weighted by Gasteiger charge is -2.31. The van der Waals surface area contributed by atoms with Gasteiger partial charge in [-0.3, -0.25) is 4.79 Å². The molecule has 3 rings (SSSR count). The highest BCUT2D eigenvalue weighted by atomic mass is 16.5. The quantitative estimate of drug-likeness (QED) is 0.835. The summed E-state index contributed by atoms with van der Waals surface area (Å²) >= 11 is 0. The van der Waals surface area contributed by atoms with Crippen LogP contribution in [0.1, 0.15) is 48.0 Å². The zero-order valence-corrected chi connectivity index (χ0v) is 14.9. The number of carbonyl (C=O) groups is 1. The number of amides is 1. The first-order chi connectivity index (χ1) is 12.3. The average molecular weight is 337 g/mol. The molecule has 1 fully saturated rings. The van der Waals surface area contributed by atoms with Crippen molar-refractivity contribution in [3.05, 3.63) is 65.7 Å². The van der Waals surface area contributed by atoms with Crippen molar-refractivity contribution in [3.8, 4) is 5.75 Å². The van der Waals surface area contributed by atoms with Crippen LogP contribution in [0.5, 0.6) is 5.75 Å². The van der Waals surface area contributed by atoms with Crippen LogP contribution in [0.4, 0.5) is 0 Å². The minimum absolute atomic E-state index is 0.00888. The van der Waals surface area contributed by atoms with Crippen LogP contribution in [0.3, 0.4) is 0 Å². The van der Waals surface area contributed by atoms with Gasteiger partial charge >= 0.3 is 0 Å². The lowest BCUT2D eigenvalue weighted by atomic mass is 9.81. The SMILES string of the molecule is COc1cccc(C(=O)NC(Cc2ccccc2)C2CCCCC2)c1. The van der Waals surface area contributed by atoms with Crippen LogP contribution in [0, 0.1) is 5.92 Å². The van der Waals surface area contributed by atoms with Gasteiger partial charge in [-0.25, -0.2) is 0 Å². The highest BCUT2D eigenvalue weighted by Gasteiger charge is 2.25. The molecule has 1 aliphatic carbocycles. The van der Waals surface area contributed by atoms with E-state index in [0.717, 1.165) is 6.42 Å². The van der Waals surface area contributed by atoms with Crippen LogP contribution in [0.15, 0.2) is 54.6 Å². The van der Waals surface area contributed by atoms with Gasteiger partial charge in [0.25, 0.3) is 5.91 Å².